The van der Waals surface area contributed by atoms with Gasteiger partial charge in [-0.15, -0.1) is 6.42 Å². The molecule has 1 unspecified atom stereocenters. The molecule has 5 nitrogen and oxygen atoms in total. The van der Waals surface area contributed by atoms with Gasteiger partial charge in [0.25, 0.3) is 0 Å². The number of hydrogen-bond donors (Lipinski definition) is 1. The topological polar surface area (TPSA) is 69.6 Å². The van der Waals surface area contributed by atoms with Crippen LogP contribution in [0.15, 0.2) is 6.33 Å². The molecule has 0 aromatic carbocycles. The van der Waals surface area contributed by atoms with E-state index < -0.39 is 0 Å². The SMILES string of the molecule is C#CC(CC)n1nc(I)c2c(N)ncnc21. The summed E-state index contributed by atoms with van der Waals surface area (Å²) in [4.78, 5) is 8.14. The van der Waals surface area contributed by atoms with Crippen molar-refractivity contribution in [2.75, 3.05) is 5.73 Å². The van der Waals surface area contributed by atoms with E-state index in [-0.39, 0.29) is 6.04 Å². The lowest BCUT2D eigenvalue weighted by molar-refractivity contribution is 0.550. The average Bonchev–Trinajstić information content (AvgIpc) is 2.60. The monoisotopic (exact) mass is 327 g/mol. The van der Waals surface area contributed by atoms with Crippen molar-refractivity contribution in [3.8, 4) is 12.3 Å². The summed E-state index contributed by atoms with van der Waals surface area (Å²) in [6, 6.07) is -0.0969. The first-order chi connectivity index (χ1) is 7.69. The number of aromatic nitrogens is 4. The van der Waals surface area contributed by atoms with Crippen LogP contribution in [0.5, 0.6) is 0 Å². The zero-order valence-corrected chi connectivity index (χ0v) is 10.8. The number of rotatable bonds is 2. The van der Waals surface area contributed by atoms with Crippen LogP contribution >= 0.6 is 22.6 Å². The standard InChI is InChI=1S/C10H10IN5/c1-3-6(4-2)16-10-7(8(11)15-16)9(12)13-5-14-10/h1,5-6H,4H2,2H3,(H2,12,13,14). The number of halogens is 1. The quantitative estimate of drug-likeness (QED) is 0.672. The van der Waals surface area contributed by atoms with Crippen LogP contribution in [-0.2, 0) is 0 Å². The Balaban J connectivity index is 2.74. The molecule has 0 spiro atoms. The molecule has 0 aliphatic rings. The van der Waals surface area contributed by atoms with Gasteiger partial charge in [0.2, 0.25) is 0 Å². The summed E-state index contributed by atoms with van der Waals surface area (Å²) in [7, 11) is 0. The van der Waals surface area contributed by atoms with E-state index in [1.165, 1.54) is 6.33 Å². The average molecular weight is 327 g/mol. The third-order valence-corrected chi connectivity index (χ3v) is 3.10. The molecule has 0 bridgehead atoms. The molecular weight excluding hydrogens is 317 g/mol. The summed E-state index contributed by atoms with van der Waals surface area (Å²) < 4.78 is 2.51. The zero-order chi connectivity index (χ0) is 11.7. The summed E-state index contributed by atoms with van der Waals surface area (Å²) in [5.41, 5.74) is 6.49. The summed E-state index contributed by atoms with van der Waals surface area (Å²) in [5, 5.41) is 5.15. The first kappa shape index (κ1) is 11.1. The number of hydrogen-bond acceptors (Lipinski definition) is 4. The van der Waals surface area contributed by atoms with Gasteiger partial charge in [0.1, 0.15) is 21.9 Å². The molecule has 2 heterocycles. The Hall–Kier alpha value is -1.36. The fourth-order valence-electron chi connectivity index (χ4n) is 1.53. The van der Waals surface area contributed by atoms with Gasteiger partial charge in [-0.25, -0.2) is 14.6 Å². The van der Waals surface area contributed by atoms with Crippen LogP contribution < -0.4 is 5.73 Å². The van der Waals surface area contributed by atoms with E-state index in [0.717, 1.165) is 15.5 Å². The zero-order valence-electron chi connectivity index (χ0n) is 8.68. The Kier molecular flexibility index (Phi) is 2.96. The van der Waals surface area contributed by atoms with Gasteiger partial charge in [0, 0.05) is 0 Å². The highest BCUT2D eigenvalue weighted by Gasteiger charge is 2.17. The van der Waals surface area contributed by atoms with E-state index in [1.54, 1.807) is 4.68 Å². The van der Waals surface area contributed by atoms with E-state index in [2.05, 4.69) is 43.6 Å². The molecule has 82 valence electrons. The van der Waals surface area contributed by atoms with Gasteiger partial charge < -0.3 is 5.73 Å². The molecule has 0 aliphatic heterocycles. The molecule has 0 amide bonds. The lowest BCUT2D eigenvalue weighted by Gasteiger charge is -2.08. The van der Waals surface area contributed by atoms with Crippen LogP contribution in [0.3, 0.4) is 0 Å². The second-order valence-electron chi connectivity index (χ2n) is 3.28. The number of nitrogens with zero attached hydrogens (tertiary/aromatic N) is 4. The molecule has 2 N–H and O–H groups in total. The predicted octanol–water partition coefficient (Wildman–Crippen LogP) is 1.60. The van der Waals surface area contributed by atoms with Crippen molar-refractivity contribution in [2.45, 2.75) is 19.4 Å². The first-order valence-electron chi connectivity index (χ1n) is 4.79. The second kappa shape index (κ2) is 4.25. The number of terminal acetylenes is 1. The minimum Gasteiger partial charge on any atom is -0.383 e. The highest BCUT2D eigenvalue weighted by atomic mass is 127. The molecule has 6 heteroatoms. The highest BCUT2D eigenvalue weighted by molar-refractivity contribution is 14.1. The third-order valence-electron chi connectivity index (χ3n) is 2.35. The van der Waals surface area contributed by atoms with Crippen molar-refractivity contribution >= 4 is 39.4 Å². The normalized spacial score (nSPS) is 12.6. The maximum absolute atomic E-state index is 5.79. The highest BCUT2D eigenvalue weighted by Crippen LogP contribution is 2.25. The Morgan fingerprint density at radius 1 is 1.62 bits per heavy atom. The molecule has 2 aromatic rings. The summed E-state index contributed by atoms with van der Waals surface area (Å²) in [6.07, 6.45) is 7.69. The van der Waals surface area contributed by atoms with Crippen LogP contribution in [-0.4, -0.2) is 19.7 Å². The fraction of sp³-hybridized carbons (Fsp3) is 0.300. The summed E-state index contributed by atoms with van der Waals surface area (Å²) in [5.74, 6) is 3.13. The Morgan fingerprint density at radius 3 is 3.00 bits per heavy atom. The number of anilines is 1. The Bertz CT molecular complexity index is 568. The predicted molar refractivity (Wildman–Crippen MR) is 70.6 cm³/mol. The minimum atomic E-state index is -0.0969. The summed E-state index contributed by atoms with van der Waals surface area (Å²) in [6.45, 7) is 2.01. The molecule has 2 aromatic heterocycles. The third kappa shape index (κ3) is 1.61. The first-order valence-corrected chi connectivity index (χ1v) is 5.87. The van der Waals surface area contributed by atoms with Crippen LogP contribution in [0.4, 0.5) is 5.82 Å². The van der Waals surface area contributed by atoms with E-state index >= 15 is 0 Å². The molecule has 0 fully saturated rings. The lowest BCUT2D eigenvalue weighted by atomic mass is 10.2. The van der Waals surface area contributed by atoms with Crippen LogP contribution in [0.25, 0.3) is 11.0 Å². The van der Waals surface area contributed by atoms with Gasteiger partial charge in [-0.05, 0) is 29.0 Å². The van der Waals surface area contributed by atoms with Gasteiger partial charge in [-0.2, -0.15) is 5.10 Å². The number of nitrogen functional groups attached to an aromatic ring is 1. The van der Waals surface area contributed by atoms with Crippen molar-refractivity contribution in [1.82, 2.24) is 19.7 Å². The van der Waals surface area contributed by atoms with E-state index in [1.807, 2.05) is 6.92 Å². The molecule has 16 heavy (non-hydrogen) atoms. The van der Waals surface area contributed by atoms with Gasteiger partial charge in [-0.1, -0.05) is 12.8 Å². The van der Waals surface area contributed by atoms with Crippen LogP contribution in [0.2, 0.25) is 0 Å². The van der Waals surface area contributed by atoms with Crippen molar-refractivity contribution < 1.29 is 0 Å². The van der Waals surface area contributed by atoms with Gasteiger partial charge in [0.15, 0.2) is 5.65 Å². The van der Waals surface area contributed by atoms with Gasteiger partial charge in [0.05, 0.1) is 5.39 Å². The maximum atomic E-state index is 5.79. The smallest absolute Gasteiger partial charge is 0.165 e. The summed E-state index contributed by atoms with van der Waals surface area (Å²) >= 11 is 2.11. The van der Waals surface area contributed by atoms with Crippen LogP contribution in [0, 0.1) is 16.0 Å². The maximum Gasteiger partial charge on any atom is 0.165 e. The fourth-order valence-corrected chi connectivity index (χ4v) is 2.28. The molecule has 0 aliphatic carbocycles. The van der Waals surface area contributed by atoms with Crippen molar-refractivity contribution in [1.29, 1.82) is 0 Å². The van der Waals surface area contributed by atoms with Crippen LogP contribution in [0.1, 0.15) is 19.4 Å². The largest absolute Gasteiger partial charge is 0.383 e. The molecular formula is C10H10IN5. The minimum absolute atomic E-state index is 0.0969. The molecule has 0 saturated heterocycles. The Labute approximate surface area is 107 Å². The molecule has 2 rings (SSSR count). The Morgan fingerprint density at radius 2 is 2.38 bits per heavy atom. The van der Waals surface area contributed by atoms with E-state index in [0.29, 0.717) is 11.5 Å². The number of fused-ring (bicyclic) bond motifs is 1. The van der Waals surface area contributed by atoms with Crippen molar-refractivity contribution in [3.05, 3.63) is 10.0 Å². The van der Waals surface area contributed by atoms with E-state index in [4.69, 9.17) is 12.2 Å². The number of nitrogens with two attached hydrogens (primary N) is 1. The lowest BCUT2D eigenvalue weighted by Crippen LogP contribution is -2.08. The molecule has 0 radical (unpaired) electrons. The van der Waals surface area contributed by atoms with Gasteiger partial charge >= 0.3 is 0 Å². The van der Waals surface area contributed by atoms with Crippen molar-refractivity contribution in [3.63, 3.8) is 0 Å². The second-order valence-corrected chi connectivity index (χ2v) is 4.31. The van der Waals surface area contributed by atoms with Gasteiger partial charge in [-0.3, -0.25) is 0 Å². The molecule has 0 saturated carbocycles. The molecule has 1 atom stereocenters. The van der Waals surface area contributed by atoms with Crippen molar-refractivity contribution in [2.24, 2.45) is 0 Å². The van der Waals surface area contributed by atoms with E-state index in [9.17, 15) is 0 Å².